The van der Waals surface area contributed by atoms with E-state index < -0.39 is 11.9 Å². The lowest BCUT2D eigenvalue weighted by molar-refractivity contribution is -0.113. The first-order chi connectivity index (χ1) is 16.4. The molecule has 0 saturated carbocycles. The maximum atomic E-state index is 13.1. The smallest absolute Gasteiger partial charge is 0.333 e. The van der Waals surface area contributed by atoms with E-state index in [1.54, 1.807) is 54.6 Å². The molecule has 0 unspecified atom stereocenters. The lowest BCUT2D eigenvalue weighted by Gasteiger charge is -2.14. The van der Waals surface area contributed by atoms with Crippen molar-refractivity contribution in [1.29, 1.82) is 0 Å². The van der Waals surface area contributed by atoms with Crippen LogP contribution in [-0.4, -0.2) is 18.5 Å². The van der Waals surface area contributed by atoms with Crippen LogP contribution in [0.25, 0.3) is 6.08 Å². The van der Waals surface area contributed by atoms with E-state index in [0.29, 0.717) is 38.9 Å². The number of halogens is 3. The van der Waals surface area contributed by atoms with Crippen molar-refractivity contribution in [3.8, 4) is 11.5 Å². The van der Waals surface area contributed by atoms with Crippen LogP contribution in [0, 0.1) is 5.82 Å². The number of imide groups is 1. The molecule has 0 atom stereocenters. The van der Waals surface area contributed by atoms with Crippen molar-refractivity contribution in [2.75, 3.05) is 11.5 Å². The first-order valence-corrected chi connectivity index (χ1v) is 11.5. The Balaban J connectivity index is 1.60. The molecule has 1 aliphatic rings. The zero-order valence-electron chi connectivity index (χ0n) is 18.0. The van der Waals surface area contributed by atoms with E-state index in [-0.39, 0.29) is 18.1 Å². The number of benzene rings is 3. The van der Waals surface area contributed by atoms with Gasteiger partial charge in [0, 0.05) is 9.50 Å². The van der Waals surface area contributed by atoms with Crippen molar-refractivity contribution >= 4 is 51.2 Å². The van der Waals surface area contributed by atoms with Crippen LogP contribution < -0.4 is 19.7 Å². The predicted molar refractivity (Wildman–Crippen MR) is 131 cm³/mol. The van der Waals surface area contributed by atoms with Crippen molar-refractivity contribution < 1.29 is 23.5 Å². The van der Waals surface area contributed by atoms with Gasteiger partial charge in [0.25, 0.3) is 5.91 Å². The Morgan fingerprint density at radius 3 is 2.50 bits per heavy atom. The Kier molecular flexibility index (Phi) is 7.19. The van der Waals surface area contributed by atoms with Crippen LogP contribution in [0.2, 0.25) is 5.02 Å². The highest BCUT2D eigenvalue weighted by Crippen LogP contribution is 2.36. The van der Waals surface area contributed by atoms with Gasteiger partial charge in [-0.25, -0.2) is 14.1 Å². The number of carbonyl (C=O) groups is 2. The Labute approximate surface area is 209 Å². The quantitative estimate of drug-likeness (QED) is 0.279. The predicted octanol–water partition coefficient (Wildman–Crippen LogP) is 6.32. The second-order valence-electron chi connectivity index (χ2n) is 7.28. The third-order valence-corrected chi connectivity index (χ3v) is 5.84. The lowest BCUT2D eigenvalue weighted by atomic mass is 10.1. The summed E-state index contributed by atoms with van der Waals surface area (Å²) < 4.78 is 25.4. The van der Waals surface area contributed by atoms with Gasteiger partial charge in [-0.05, 0) is 66.6 Å². The molecule has 9 heteroatoms. The standard InChI is InChI=1S/C25H19BrClFN2O4/c1-2-33-22-11-16(20(26)13-23(22)34-14-15-6-8-18(28)9-7-15)10-21-24(31)30(25(32)29-21)19-5-3-4-17(27)12-19/h3-13H,2,14H2,1H3,(H,29,32)/b21-10+. The van der Waals surface area contributed by atoms with Crippen molar-refractivity contribution in [2.45, 2.75) is 13.5 Å². The molecule has 0 spiro atoms. The summed E-state index contributed by atoms with van der Waals surface area (Å²) >= 11 is 9.50. The summed E-state index contributed by atoms with van der Waals surface area (Å²) in [4.78, 5) is 26.4. The van der Waals surface area contributed by atoms with Gasteiger partial charge in [0.15, 0.2) is 11.5 Å². The number of anilines is 1. The Bertz CT molecular complexity index is 1280. The zero-order valence-corrected chi connectivity index (χ0v) is 20.3. The molecule has 4 rings (SSSR count). The van der Waals surface area contributed by atoms with E-state index >= 15 is 0 Å². The molecule has 0 aromatic heterocycles. The first-order valence-electron chi connectivity index (χ1n) is 10.3. The molecule has 3 aromatic carbocycles. The number of nitrogens with one attached hydrogen (secondary N) is 1. The van der Waals surface area contributed by atoms with Gasteiger partial charge in [-0.3, -0.25) is 4.79 Å². The van der Waals surface area contributed by atoms with Gasteiger partial charge >= 0.3 is 6.03 Å². The average molecular weight is 546 g/mol. The first kappa shape index (κ1) is 23.8. The molecular formula is C25H19BrClFN2O4. The summed E-state index contributed by atoms with van der Waals surface area (Å²) in [5.74, 6) is 0.112. The lowest BCUT2D eigenvalue weighted by Crippen LogP contribution is -2.30. The molecular weight excluding hydrogens is 527 g/mol. The van der Waals surface area contributed by atoms with Crippen molar-refractivity contribution in [1.82, 2.24) is 5.32 Å². The van der Waals surface area contributed by atoms with Crippen molar-refractivity contribution in [3.63, 3.8) is 0 Å². The second kappa shape index (κ2) is 10.3. The molecule has 3 amide bonds. The number of carbonyl (C=O) groups excluding carboxylic acids is 2. The number of hydrogen-bond acceptors (Lipinski definition) is 4. The number of amides is 3. The minimum atomic E-state index is -0.570. The summed E-state index contributed by atoms with van der Waals surface area (Å²) in [6.45, 7) is 2.45. The summed E-state index contributed by atoms with van der Waals surface area (Å²) in [6.07, 6.45) is 1.56. The van der Waals surface area contributed by atoms with Gasteiger partial charge in [-0.2, -0.15) is 0 Å². The fraction of sp³-hybridized carbons (Fsp3) is 0.120. The number of rotatable bonds is 7. The molecule has 174 valence electrons. The molecule has 0 bridgehead atoms. The van der Waals surface area contributed by atoms with Crippen molar-refractivity contribution in [3.05, 3.63) is 92.8 Å². The van der Waals surface area contributed by atoms with E-state index in [4.69, 9.17) is 21.1 Å². The van der Waals surface area contributed by atoms with Crippen LogP contribution in [0.3, 0.4) is 0 Å². The van der Waals surface area contributed by atoms with Crippen LogP contribution in [0.4, 0.5) is 14.9 Å². The van der Waals surface area contributed by atoms with Crippen LogP contribution >= 0.6 is 27.5 Å². The van der Waals surface area contributed by atoms with Crippen LogP contribution in [0.5, 0.6) is 11.5 Å². The molecule has 1 heterocycles. The van der Waals surface area contributed by atoms with E-state index in [0.717, 1.165) is 10.5 Å². The minimum Gasteiger partial charge on any atom is -0.490 e. The Morgan fingerprint density at radius 2 is 1.79 bits per heavy atom. The Morgan fingerprint density at radius 1 is 1.06 bits per heavy atom. The number of nitrogens with zero attached hydrogens (tertiary/aromatic N) is 1. The van der Waals surface area contributed by atoms with Gasteiger partial charge in [0.2, 0.25) is 0 Å². The number of ether oxygens (including phenoxy) is 2. The fourth-order valence-corrected chi connectivity index (χ4v) is 3.95. The summed E-state index contributed by atoms with van der Waals surface area (Å²) in [7, 11) is 0. The summed E-state index contributed by atoms with van der Waals surface area (Å²) in [6, 6.07) is 15.4. The second-order valence-corrected chi connectivity index (χ2v) is 8.57. The molecule has 6 nitrogen and oxygen atoms in total. The SMILES string of the molecule is CCOc1cc(/C=C2/NC(=O)N(c3cccc(Cl)c3)C2=O)c(Br)cc1OCc1ccc(F)cc1. The van der Waals surface area contributed by atoms with Crippen LogP contribution in [-0.2, 0) is 11.4 Å². The molecule has 1 aliphatic heterocycles. The maximum Gasteiger partial charge on any atom is 0.333 e. The summed E-state index contributed by atoms with van der Waals surface area (Å²) in [5, 5.41) is 3.01. The molecule has 34 heavy (non-hydrogen) atoms. The highest BCUT2D eigenvalue weighted by Gasteiger charge is 2.35. The molecule has 1 fully saturated rings. The largest absolute Gasteiger partial charge is 0.490 e. The highest BCUT2D eigenvalue weighted by molar-refractivity contribution is 9.10. The topological polar surface area (TPSA) is 67.9 Å². The van der Waals surface area contributed by atoms with E-state index in [1.165, 1.54) is 12.1 Å². The van der Waals surface area contributed by atoms with Crippen molar-refractivity contribution in [2.24, 2.45) is 0 Å². The van der Waals surface area contributed by atoms with Crippen LogP contribution in [0.1, 0.15) is 18.1 Å². The number of urea groups is 1. The third kappa shape index (κ3) is 5.24. The molecule has 1 saturated heterocycles. The molecule has 0 radical (unpaired) electrons. The minimum absolute atomic E-state index is 0.105. The third-order valence-electron chi connectivity index (χ3n) is 4.91. The van der Waals surface area contributed by atoms with E-state index in [9.17, 15) is 14.0 Å². The zero-order chi connectivity index (χ0) is 24.2. The van der Waals surface area contributed by atoms with E-state index in [2.05, 4.69) is 21.2 Å². The van der Waals surface area contributed by atoms with Gasteiger partial charge in [-0.1, -0.05) is 45.7 Å². The monoisotopic (exact) mass is 544 g/mol. The van der Waals surface area contributed by atoms with Crippen LogP contribution in [0.15, 0.2) is 70.8 Å². The summed E-state index contributed by atoms with van der Waals surface area (Å²) in [5.41, 5.74) is 1.88. The van der Waals surface area contributed by atoms with Gasteiger partial charge in [0.1, 0.15) is 18.1 Å². The Hall–Kier alpha value is -3.36. The van der Waals surface area contributed by atoms with Gasteiger partial charge < -0.3 is 14.8 Å². The maximum absolute atomic E-state index is 13.1. The van der Waals surface area contributed by atoms with Gasteiger partial charge in [0.05, 0.1) is 12.3 Å². The number of hydrogen-bond donors (Lipinski definition) is 1. The highest BCUT2D eigenvalue weighted by atomic mass is 79.9. The average Bonchev–Trinajstić information content (AvgIpc) is 3.08. The fourth-order valence-electron chi connectivity index (χ4n) is 3.32. The molecule has 0 aliphatic carbocycles. The van der Waals surface area contributed by atoms with Gasteiger partial charge in [-0.15, -0.1) is 0 Å². The van der Waals surface area contributed by atoms with E-state index in [1.807, 2.05) is 6.92 Å². The molecule has 3 aromatic rings. The molecule has 1 N–H and O–H groups in total. The normalized spacial score (nSPS) is 14.5.